The van der Waals surface area contributed by atoms with E-state index in [0.29, 0.717) is 13.0 Å². The average molecular weight is 379 g/mol. The van der Waals surface area contributed by atoms with Crippen molar-refractivity contribution in [3.8, 4) is 0 Å². The Morgan fingerprint density at radius 3 is 2.41 bits per heavy atom. The molecule has 3 atom stereocenters. The molecule has 128 valence electrons. The largest absolute Gasteiger partial charge is 0.444 e. The monoisotopic (exact) mass is 378 g/mol. The summed E-state index contributed by atoms with van der Waals surface area (Å²) in [5.41, 5.74) is -0.612. The molecule has 1 aliphatic rings. The van der Waals surface area contributed by atoms with Crippen LogP contribution >= 0.6 is 15.9 Å². The molecule has 0 saturated carbocycles. The predicted molar refractivity (Wildman–Crippen MR) is 87.9 cm³/mol. The van der Waals surface area contributed by atoms with Gasteiger partial charge in [-0.1, -0.05) is 29.8 Å². The zero-order valence-corrected chi connectivity index (χ0v) is 15.5. The number of β-amino-alcohol motifs (C(OH)–C–C–N with tert-alkyl or cyclic N) is 1. The Balaban J connectivity index is 2.70. The van der Waals surface area contributed by atoms with Gasteiger partial charge in [0.05, 0.1) is 6.10 Å². The normalized spacial score (nSPS) is 24.1. The van der Waals surface area contributed by atoms with Crippen LogP contribution < -0.4 is 5.32 Å². The summed E-state index contributed by atoms with van der Waals surface area (Å²) >= 11 is 3.39. The predicted octanol–water partition coefficient (Wildman–Crippen LogP) is 1.89. The van der Waals surface area contributed by atoms with Gasteiger partial charge in [0.25, 0.3) is 0 Å². The molecule has 1 aliphatic heterocycles. The van der Waals surface area contributed by atoms with Crippen molar-refractivity contribution in [3.05, 3.63) is 0 Å². The van der Waals surface area contributed by atoms with E-state index in [1.54, 1.807) is 25.7 Å². The minimum Gasteiger partial charge on any atom is -0.444 e. The topological polar surface area (TPSA) is 78.9 Å². The van der Waals surface area contributed by atoms with E-state index in [1.165, 1.54) is 0 Å². The number of hydrogen-bond acceptors (Lipinski definition) is 4. The maximum atomic E-state index is 12.6. The lowest BCUT2D eigenvalue weighted by molar-refractivity contribution is -0.137. The standard InChI is InChI=1S/C15H27BrN2O4/c1-9(2)12(17-14(21)22-15(3,4)5)13(20)18-7-6-10(16)11(19)8-18/h9-12,19H,6-8H2,1-5H3,(H,17,21)/t10-,11-,12-/m1/s1. The van der Waals surface area contributed by atoms with Gasteiger partial charge in [-0.3, -0.25) is 4.79 Å². The Kier molecular flexibility index (Phi) is 6.67. The van der Waals surface area contributed by atoms with Crippen LogP contribution in [0.5, 0.6) is 0 Å². The van der Waals surface area contributed by atoms with Gasteiger partial charge in [-0.15, -0.1) is 0 Å². The molecule has 1 heterocycles. The van der Waals surface area contributed by atoms with Crippen LogP contribution in [-0.2, 0) is 9.53 Å². The second-order valence-electron chi connectivity index (χ2n) is 7.02. The molecule has 1 saturated heterocycles. The highest BCUT2D eigenvalue weighted by molar-refractivity contribution is 9.09. The summed E-state index contributed by atoms with van der Waals surface area (Å²) in [5, 5.41) is 12.5. The molecule has 0 aromatic carbocycles. The number of carbonyl (C=O) groups excluding carboxylic acids is 2. The number of alkyl carbamates (subject to hydrolysis) is 1. The Morgan fingerprint density at radius 1 is 1.36 bits per heavy atom. The number of halogens is 1. The van der Waals surface area contributed by atoms with Gasteiger partial charge in [-0.2, -0.15) is 0 Å². The van der Waals surface area contributed by atoms with Gasteiger partial charge in [-0.05, 0) is 33.1 Å². The van der Waals surface area contributed by atoms with E-state index in [2.05, 4.69) is 21.2 Å². The molecule has 0 spiro atoms. The fraction of sp³-hybridized carbons (Fsp3) is 0.867. The van der Waals surface area contributed by atoms with Crippen molar-refractivity contribution in [2.24, 2.45) is 5.92 Å². The third-order valence-corrected chi connectivity index (χ3v) is 4.48. The van der Waals surface area contributed by atoms with Crippen LogP contribution in [0.4, 0.5) is 4.79 Å². The number of alkyl halides is 1. The van der Waals surface area contributed by atoms with Crippen molar-refractivity contribution in [2.45, 2.75) is 63.6 Å². The lowest BCUT2D eigenvalue weighted by Gasteiger charge is -2.36. The molecular formula is C15H27BrN2O4. The fourth-order valence-electron chi connectivity index (χ4n) is 2.25. The summed E-state index contributed by atoms with van der Waals surface area (Å²) in [5.74, 6) is -0.252. The molecule has 22 heavy (non-hydrogen) atoms. The quantitative estimate of drug-likeness (QED) is 0.735. The van der Waals surface area contributed by atoms with Crippen molar-refractivity contribution >= 4 is 27.9 Å². The van der Waals surface area contributed by atoms with Crippen LogP contribution in [0.15, 0.2) is 0 Å². The molecule has 1 fully saturated rings. The van der Waals surface area contributed by atoms with Gasteiger partial charge in [-0.25, -0.2) is 4.79 Å². The van der Waals surface area contributed by atoms with Gasteiger partial charge in [0, 0.05) is 17.9 Å². The molecule has 0 radical (unpaired) electrons. The summed E-state index contributed by atoms with van der Waals surface area (Å²) < 4.78 is 5.22. The summed E-state index contributed by atoms with van der Waals surface area (Å²) in [7, 11) is 0. The zero-order chi connectivity index (χ0) is 17.1. The van der Waals surface area contributed by atoms with Crippen molar-refractivity contribution in [1.82, 2.24) is 10.2 Å². The number of hydrogen-bond donors (Lipinski definition) is 2. The molecule has 0 aliphatic carbocycles. The smallest absolute Gasteiger partial charge is 0.408 e. The van der Waals surface area contributed by atoms with Crippen LogP contribution in [0.3, 0.4) is 0 Å². The van der Waals surface area contributed by atoms with Crippen LogP contribution in [-0.4, -0.2) is 57.7 Å². The average Bonchev–Trinajstić information content (AvgIpc) is 2.36. The third kappa shape index (κ3) is 5.76. The minimum atomic E-state index is -0.658. The zero-order valence-electron chi connectivity index (χ0n) is 13.9. The number of likely N-dealkylation sites (tertiary alicyclic amines) is 1. The van der Waals surface area contributed by atoms with E-state index in [9.17, 15) is 14.7 Å². The van der Waals surface area contributed by atoms with Crippen LogP contribution in [0.2, 0.25) is 0 Å². The number of aliphatic hydroxyl groups is 1. The molecule has 0 bridgehead atoms. The fourth-order valence-corrected chi connectivity index (χ4v) is 2.62. The van der Waals surface area contributed by atoms with Crippen molar-refractivity contribution in [3.63, 3.8) is 0 Å². The van der Waals surface area contributed by atoms with Crippen LogP contribution in [0, 0.1) is 5.92 Å². The highest BCUT2D eigenvalue weighted by atomic mass is 79.9. The van der Waals surface area contributed by atoms with Gasteiger partial charge < -0.3 is 20.1 Å². The number of piperidine rings is 1. The van der Waals surface area contributed by atoms with Gasteiger partial charge in [0.1, 0.15) is 11.6 Å². The Labute approximate surface area is 140 Å². The second-order valence-corrected chi connectivity index (χ2v) is 8.20. The van der Waals surface area contributed by atoms with Crippen molar-refractivity contribution in [2.75, 3.05) is 13.1 Å². The molecule has 1 rings (SSSR count). The van der Waals surface area contributed by atoms with E-state index in [-0.39, 0.29) is 23.2 Å². The summed E-state index contributed by atoms with van der Waals surface area (Å²) in [6.07, 6.45) is -0.507. The van der Waals surface area contributed by atoms with Crippen LogP contribution in [0.25, 0.3) is 0 Å². The van der Waals surface area contributed by atoms with Gasteiger partial charge >= 0.3 is 6.09 Å². The summed E-state index contributed by atoms with van der Waals surface area (Å²) in [4.78, 5) is 26.1. The molecule has 2 N–H and O–H groups in total. The molecule has 0 aromatic heterocycles. The molecule has 2 amide bonds. The van der Waals surface area contributed by atoms with Crippen molar-refractivity contribution < 1.29 is 19.4 Å². The second kappa shape index (κ2) is 7.64. The lowest BCUT2D eigenvalue weighted by atomic mass is 10.0. The highest BCUT2D eigenvalue weighted by Crippen LogP contribution is 2.20. The third-order valence-electron chi connectivity index (χ3n) is 3.42. The SMILES string of the molecule is CC(C)[C@@H](NC(=O)OC(C)(C)C)C(=O)N1CC[C@@H](Br)[C@H](O)C1. The highest BCUT2D eigenvalue weighted by Gasteiger charge is 2.34. The van der Waals surface area contributed by atoms with Gasteiger partial charge in [0.15, 0.2) is 0 Å². The summed E-state index contributed by atoms with van der Waals surface area (Å²) in [6, 6.07) is -0.658. The molecule has 7 heteroatoms. The Morgan fingerprint density at radius 2 is 1.95 bits per heavy atom. The first-order chi connectivity index (χ1) is 10.0. The Bertz CT molecular complexity index is 409. The number of amides is 2. The number of rotatable bonds is 3. The van der Waals surface area contributed by atoms with E-state index >= 15 is 0 Å². The van der Waals surface area contributed by atoms with E-state index in [0.717, 1.165) is 0 Å². The Hall–Kier alpha value is -0.820. The first-order valence-corrected chi connectivity index (χ1v) is 8.53. The van der Waals surface area contributed by atoms with Crippen LogP contribution in [0.1, 0.15) is 41.0 Å². The number of nitrogens with zero attached hydrogens (tertiary/aromatic N) is 1. The van der Waals surface area contributed by atoms with Crippen molar-refractivity contribution in [1.29, 1.82) is 0 Å². The molecular weight excluding hydrogens is 352 g/mol. The van der Waals surface area contributed by atoms with E-state index in [1.807, 2.05) is 13.8 Å². The maximum absolute atomic E-state index is 12.6. The number of aliphatic hydroxyl groups excluding tert-OH is 1. The van der Waals surface area contributed by atoms with Gasteiger partial charge in [0.2, 0.25) is 5.91 Å². The minimum absolute atomic E-state index is 0.00728. The first-order valence-electron chi connectivity index (χ1n) is 7.61. The number of ether oxygens (including phenoxy) is 1. The van der Waals surface area contributed by atoms with E-state index in [4.69, 9.17) is 4.74 Å². The number of nitrogens with one attached hydrogen (secondary N) is 1. The molecule has 0 unspecified atom stereocenters. The maximum Gasteiger partial charge on any atom is 0.408 e. The first kappa shape index (κ1) is 19.2. The lowest BCUT2D eigenvalue weighted by Crippen LogP contribution is -2.56. The number of carbonyl (C=O) groups is 2. The van der Waals surface area contributed by atoms with E-state index < -0.39 is 23.8 Å². The summed E-state index contributed by atoms with van der Waals surface area (Å²) in [6.45, 7) is 9.89. The molecule has 6 nitrogen and oxygen atoms in total. The molecule has 0 aromatic rings.